The van der Waals surface area contributed by atoms with Crippen LogP contribution >= 0.6 is 0 Å². The van der Waals surface area contributed by atoms with E-state index in [-0.39, 0.29) is 4.90 Å². The summed E-state index contributed by atoms with van der Waals surface area (Å²) in [6, 6.07) is 6.81. The molecule has 0 bridgehead atoms. The molecule has 0 radical (unpaired) electrons. The molecule has 0 fully saturated rings. The van der Waals surface area contributed by atoms with Gasteiger partial charge in [-0.15, -0.1) is 0 Å². The summed E-state index contributed by atoms with van der Waals surface area (Å²) in [7, 11) is -2.12. The first kappa shape index (κ1) is 15.3. The first-order valence-electron chi connectivity index (χ1n) is 6.44. The van der Waals surface area contributed by atoms with Crippen LogP contribution in [0.15, 0.2) is 35.4 Å². The molecule has 2 aromatic rings. The Bertz CT molecular complexity index is 770. The summed E-state index contributed by atoms with van der Waals surface area (Å²) in [6.45, 7) is 5.42. The van der Waals surface area contributed by atoms with Crippen molar-refractivity contribution in [2.45, 2.75) is 25.7 Å². The first-order chi connectivity index (χ1) is 9.83. The minimum absolute atomic E-state index is 0.226. The maximum Gasteiger partial charge on any atom is 0.263 e. The van der Waals surface area contributed by atoms with E-state index in [1.54, 1.807) is 44.5 Å². The fourth-order valence-corrected chi connectivity index (χ4v) is 3.37. The Hall–Kier alpha value is -2.08. The highest BCUT2D eigenvalue weighted by atomic mass is 32.2. The van der Waals surface area contributed by atoms with Crippen LogP contribution < -0.4 is 9.46 Å². The fraction of sp³-hybridized carbons (Fsp3) is 0.267. The van der Waals surface area contributed by atoms with E-state index in [0.29, 0.717) is 17.1 Å². The Balaban J connectivity index is 2.42. The molecule has 5 nitrogen and oxygen atoms in total. The second-order valence-electron chi connectivity index (χ2n) is 4.91. The van der Waals surface area contributed by atoms with Crippen LogP contribution in [0.3, 0.4) is 0 Å². The van der Waals surface area contributed by atoms with Crippen molar-refractivity contribution < 1.29 is 13.2 Å². The third-order valence-electron chi connectivity index (χ3n) is 3.14. The van der Waals surface area contributed by atoms with Crippen molar-refractivity contribution in [2.75, 3.05) is 11.8 Å². The van der Waals surface area contributed by atoms with Crippen LogP contribution in [0, 0.1) is 20.8 Å². The number of pyridine rings is 1. The van der Waals surface area contributed by atoms with Gasteiger partial charge in [0.05, 0.1) is 12.0 Å². The van der Waals surface area contributed by atoms with Gasteiger partial charge in [-0.05, 0) is 61.7 Å². The molecule has 1 heterocycles. The van der Waals surface area contributed by atoms with E-state index >= 15 is 0 Å². The summed E-state index contributed by atoms with van der Waals surface area (Å²) in [5.74, 6) is 0.975. The van der Waals surface area contributed by atoms with Crippen molar-refractivity contribution in [3.8, 4) is 5.75 Å². The minimum atomic E-state index is -3.68. The smallest absolute Gasteiger partial charge is 0.263 e. The van der Waals surface area contributed by atoms with Crippen molar-refractivity contribution in [1.29, 1.82) is 0 Å². The molecule has 0 atom stereocenters. The molecule has 0 unspecified atom stereocenters. The van der Waals surface area contributed by atoms with Gasteiger partial charge in [-0.1, -0.05) is 0 Å². The van der Waals surface area contributed by atoms with E-state index < -0.39 is 10.0 Å². The fourth-order valence-electron chi connectivity index (χ4n) is 2.06. The molecule has 0 saturated carbocycles. The Kier molecular flexibility index (Phi) is 4.18. The zero-order chi connectivity index (χ0) is 15.6. The number of aryl methyl sites for hydroxylation is 3. The van der Waals surface area contributed by atoms with Gasteiger partial charge in [0, 0.05) is 6.20 Å². The third-order valence-corrected chi connectivity index (χ3v) is 4.63. The number of nitrogens with zero attached hydrogens (tertiary/aromatic N) is 1. The SMILES string of the molecule is COc1cc(C)c(S(=O)(=O)Nc2cc(C)ccn2)cc1C. The maximum absolute atomic E-state index is 12.5. The topological polar surface area (TPSA) is 68.3 Å². The van der Waals surface area contributed by atoms with Crippen molar-refractivity contribution in [3.05, 3.63) is 47.2 Å². The molecule has 0 aliphatic heterocycles. The molecule has 0 spiro atoms. The number of ether oxygens (including phenoxy) is 1. The van der Waals surface area contributed by atoms with Crippen molar-refractivity contribution in [2.24, 2.45) is 0 Å². The summed E-state index contributed by atoms with van der Waals surface area (Å²) in [5, 5.41) is 0. The molecule has 1 aromatic carbocycles. The number of hydrogen-bond acceptors (Lipinski definition) is 4. The number of methoxy groups -OCH3 is 1. The summed E-state index contributed by atoms with van der Waals surface area (Å²) in [6.07, 6.45) is 1.57. The van der Waals surface area contributed by atoms with Gasteiger partial charge < -0.3 is 4.74 Å². The van der Waals surface area contributed by atoms with Crippen molar-refractivity contribution in [3.63, 3.8) is 0 Å². The average molecular weight is 306 g/mol. The number of nitrogens with one attached hydrogen (secondary N) is 1. The highest BCUT2D eigenvalue weighted by Gasteiger charge is 2.19. The lowest BCUT2D eigenvalue weighted by atomic mass is 10.1. The van der Waals surface area contributed by atoms with E-state index in [1.807, 2.05) is 13.8 Å². The number of benzene rings is 1. The van der Waals surface area contributed by atoms with Gasteiger partial charge in [-0.2, -0.15) is 0 Å². The number of sulfonamides is 1. The quantitative estimate of drug-likeness (QED) is 0.943. The second kappa shape index (κ2) is 5.73. The molecule has 0 aliphatic carbocycles. The van der Waals surface area contributed by atoms with Gasteiger partial charge in [-0.25, -0.2) is 13.4 Å². The summed E-state index contributed by atoms with van der Waals surface area (Å²) in [5.41, 5.74) is 2.32. The van der Waals surface area contributed by atoms with E-state index in [9.17, 15) is 8.42 Å². The Morgan fingerprint density at radius 2 is 1.81 bits per heavy atom. The van der Waals surface area contributed by atoms with Crippen molar-refractivity contribution >= 4 is 15.8 Å². The second-order valence-corrected chi connectivity index (χ2v) is 6.56. The predicted octanol–water partition coefficient (Wildman–Crippen LogP) is 2.82. The van der Waals surface area contributed by atoms with Gasteiger partial charge in [-0.3, -0.25) is 4.72 Å². The van der Waals surface area contributed by atoms with Crippen LogP contribution in [0.4, 0.5) is 5.82 Å². The van der Waals surface area contributed by atoms with Gasteiger partial charge in [0.2, 0.25) is 0 Å². The molecule has 0 amide bonds. The molecule has 112 valence electrons. The normalized spacial score (nSPS) is 11.2. The molecule has 0 aliphatic rings. The lowest BCUT2D eigenvalue weighted by Crippen LogP contribution is -2.15. The number of aromatic nitrogens is 1. The van der Waals surface area contributed by atoms with Crippen LogP contribution in [0.1, 0.15) is 16.7 Å². The largest absolute Gasteiger partial charge is 0.496 e. The Morgan fingerprint density at radius 3 is 2.43 bits per heavy atom. The highest BCUT2D eigenvalue weighted by Crippen LogP contribution is 2.26. The standard InChI is InChI=1S/C15H18N2O3S/c1-10-5-6-16-15(7-10)17-21(18,19)14-9-11(2)13(20-4)8-12(14)3/h5-9H,1-4H3,(H,16,17). The molecule has 2 rings (SSSR count). The van der Waals surface area contributed by atoms with E-state index in [1.165, 1.54) is 0 Å². The Labute approximate surface area is 125 Å². The van der Waals surface area contributed by atoms with E-state index in [2.05, 4.69) is 9.71 Å². The number of rotatable bonds is 4. The summed E-state index contributed by atoms with van der Waals surface area (Å²) < 4.78 is 32.7. The van der Waals surface area contributed by atoms with Crippen LogP contribution in [-0.2, 0) is 10.0 Å². The molecule has 1 aromatic heterocycles. The lowest BCUT2D eigenvalue weighted by Gasteiger charge is -2.13. The number of anilines is 1. The predicted molar refractivity (Wildman–Crippen MR) is 82.3 cm³/mol. The lowest BCUT2D eigenvalue weighted by molar-refractivity contribution is 0.411. The zero-order valence-corrected chi connectivity index (χ0v) is 13.3. The molecule has 21 heavy (non-hydrogen) atoms. The minimum Gasteiger partial charge on any atom is -0.496 e. The summed E-state index contributed by atoms with van der Waals surface area (Å²) in [4.78, 5) is 4.25. The van der Waals surface area contributed by atoms with Gasteiger partial charge in [0.25, 0.3) is 10.0 Å². The van der Waals surface area contributed by atoms with Gasteiger partial charge in [0.15, 0.2) is 0 Å². The van der Waals surface area contributed by atoms with E-state index in [4.69, 9.17) is 4.74 Å². The maximum atomic E-state index is 12.5. The van der Waals surface area contributed by atoms with Crippen LogP contribution in [0.2, 0.25) is 0 Å². The molecule has 6 heteroatoms. The van der Waals surface area contributed by atoms with E-state index in [0.717, 1.165) is 11.1 Å². The monoisotopic (exact) mass is 306 g/mol. The van der Waals surface area contributed by atoms with Gasteiger partial charge >= 0.3 is 0 Å². The highest BCUT2D eigenvalue weighted by molar-refractivity contribution is 7.92. The molecular weight excluding hydrogens is 288 g/mol. The van der Waals surface area contributed by atoms with Gasteiger partial charge in [0.1, 0.15) is 11.6 Å². The molecular formula is C15H18N2O3S. The van der Waals surface area contributed by atoms with Crippen LogP contribution in [-0.4, -0.2) is 20.5 Å². The van der Waals surface area contributed by atoms with Crippen molar-refractivity contribution in [1.82, 2.24) is 4.98 Å². The zero-order valence-electron chi connectivity index (χ0n) is 12.5. The number of hydrogen-bond donors (Lipinski definition) is 1. The first-order valence-corrected chi connectivity index (χ1v) is 7.92. The average Bonchev–Trinajstić information content (AvgIpc) is 2.40. The van der Waals surface area contributed by atoms with Crippen LogP contribution in [0.5, 0.6) is 5.75 Å². The Morgan fingerprint density at radius 1 is 1.10 bits per heavy atom. The summed E-state index contributed by atoms with van der Waals surface area (Å²) >= 11 is 0. The third kappa shape index (κ3) is 3.33. The molecule has 0 saturated heterocycles. The van der Waals surface area contributed by atoms with Crippen LogP contribution in [0.25, 0.3) is 0 Å². The molecule has 1 N–H and O–H groups in total.